The second-order valence-electron chi connectivity index (χ2n) is 36.9. The zero-order chi connectivity index (χ0) is 92.4. The van der Waals surface area contributed by atoms with Crippen LogP contribution in [0.3, 0.4) is 0 Å². The van der Waals surface area contributed by atoms with Gasteiger partial charge in [-0.1, -0.05) is 319 Å². The Hall–Kier alpha value is -17.7. The number of aromatic nitrogens is 5. The van der Waals surface area contributed by atoms with Crippen molar-refractivity contribution in [3.05, 3.63) is 532 Å². The minimum absolute atomic E-state index is 0.0795. The highest BCUT2D eigenvalue weighted by atomic mass is 15.2. The highest BCUT2D eigenvalue weighted by Crippen LogP contribution is 2.54. The predicted molar refractivity (Wildman–Crippen MR) is 579 cm³/mol. The van der Waals surface area contributed by atoms with Crippen molar-refractivity contribution in [2.75, 3.05) is 14.7 Å². The van der Waals surface area contributed by atoms with Crippen LogP contribution in [0.4, 0.5) is 51.3 Å². The van der Waals surface area contributed by atoms with E-state index in [4.69, 9.17) is 4.98 Å². The molecule has 19 aromatic carbocycles. The number of benzene rings is 19. The van der Waals surface area contributed by atoms with Gasteiger partial charge >= 0.3 is 0 Å². The fraction of sp³-hybridized carbons (Fsp3) is 0.0462. The van der Waals surface area contributed by atoms with Crippen molar-refractivity contribution in [3.63, 3.8) is 0 Å². The molecule has 24 aromatic rings. The van der Waals surface area contributed by atoms with Crippen LogP contribution in [0.2, 0.25) is 0 Å². The first-order valence-electron chi connectivity index (χ1n) is 47.5. The van der Waals surface area contributed by atoms with Crippen LogP contribution in [0.1, 0.15) is 49.9 Å². The second kappa shape index (κ2) is 35.0. The fourth-order valence-corrected chi connectivity index (χ4v) is 21.4. The van der Waals surface area contributed by atoms with Crippen molar-refractivity contribution in [1.82, 2.24) is 23.7 Å². The fourth-order valence-electron chi connectivity index (χ4n) is 21.4. The van der Waals surface area contributed by atoms with Crippen molar-refractivity contribution in [3.8, 4) is 83.8 Å². The number of pyridine rings is 2. The highest BCUT2D eigenvalue weighted by Gasteiger charge is 2.38. The molecule has 0 spiro atoms. The summed E-state index contributed by atoms with van der Waals surface area (Å²) in [6.45, 7) is 9.35. The molecule has 0 atom stereocenters. The topological polar surface area (TPSA) is 50.3 Å². The average molecular weight is 1770 g/mol. The molecule has 8 nitrogen and oxygen atoms in total. The molecule has 0 N–H and O–H groups in total. The Morgan fingerprint density at radius 3 is 0.942 bits per heavy atom. The Balaban J connectivity index is 0.000000114. The molecule has 0 radical (unpaired) electrons. The van der Waals surface area contributed by atoms with E-state index in [0.29, 0.717) is 0 Å². The molecular formula is C130H96N8. The summed E-state index contributed by atoms with van der Waals surface area (Å²) in [6, 6.07) is 177. The molecule has 138 heavy (non-hydrogen) atoms. The summed E-state index contributed by atoms with van der Waals surface area (Å²) < 4.78 is 7.08. The lowest BCUT2D eigenvalue weighted by molar-refractivity contribution is 0.660. The van der Waals surface area contributed by atoms with Crippen LogP contribution < -0.4 is 14.7 Å². The van der Waals surface area contributed by atoms with Gasteiger partial charge in [-0.2, -0.15) is 0 Å². The molecule has 5 aromatic heterocycles. The maximum absolute atomic E-state index is 4.80. The van der Waals surface area contributed by atoms with Crippen LogP contribution in [0.25, 0.3) is 149 Å². The van der Waals surface area contributed by atoms with Gasteiger partial charge in [-0.3, -0.25) is 9.88 Å². The minimum atomic E-state index is -0.0999. The summed E-state index contributed by atoms with van der Waals surface area (Å²) in [6.07, 6.45) is 5.62. The number of nitrogens with zero attached hydrogens (tertiary/aromatic N) is 8. The van der Waals surface area contributed by atoms with Gasteiger partial charge in [-0.05, 0) is 284 Å². The summed E-state index contributed by atoms with van der Waals surface area (Å²) in [4.78, 5) is 16.1. The third-order valence-electron chi connectivity index (χ3n) is 28.1. The van der Waals surface area contributed by atoms with Gasteiger partial charge < -0.3 is 23.5 Å². The van der Waals surface area contributed by atoms with Gasteiger partial charge in [0.05, 0.1) is 33.1 Å². The molecular weight excluding hydrogens is 1670 g/mol. The number of hydrogen-bond acceptors (Lipinski definition) is 5. The van der Waals surface area contributed by atoms with Gasteiger partial charge in [0.25, 0.3) is 0 Å². The van der Waals surface area contributed by atoms with E-state index in [0.717, 1.165) is 62.4 Å². The van der Waals surface area contributed by atoms with E-state index in [-0.39, 0.29) is 10.8 Å². The van der Waals surface area contributed by atoms with Crippen molar-refractivity contribution >= 4 is 117 Å². The molecule has 8 heteroatoms. The lowest BCUT2D eigenvalue weighted by Crippen LogP contribution is -2.16. The molecule has 2 aliphatic rings. The van der Waals surface area contributed by atoms with Gasteiger partial charge in [0.2, 0.25) is 0 Å². The van der Waals surface area contributed by atoms with Gasteiger partial charge in [0.1, 0.15) is 5.82 Å². The monoisotopic (exact) mass is 1770 g/mol. The van der Waals surface area contributed by atoms with Crippen LogP contribution in [0.5, 0.6) is 0 Å². The van der Waals surface area contributed by atoms with E-state index < -0.39 is 0 Å². The first-order valence-corrected chi connectivity index (χ1v) is 47.5. The molecule has 5 heterocycles. The molecule has 0 saturated heterocycles. The molecule has 0 amide bonds. The first kappa shape index (κ1) is 83.4. The summed E-state index contributed by atoms with van der Waals surface area (Å²) in [7, 11) is 0. The average Bonchev–Trinajstić information content (AvgIpc) is 1.84. The first-order chi connectivity index (χ1) is 68.0. The quantitative estimate of drug-likeness (QED) is 0.0965. The van der Waals surface area contributed by atoms with E-state index in [1.807, 2.05) is 30.7 Å². The van der Waals surface area contributed by atoms with Gasteiger partial charge in [-0.25, -0.2) is 4.98 Å². The maximum atomic E-state index is 4.80. The Kier molecular flexibility index (Phi) is 21.2. The molecule has 26 rings (SSSR count). The highest BCUT2D eigenvalue weighted by molar-refractivity contribution is 6.13. The standard InChI is InChI=1S/C50H37N3.C44H33N3.C36H26N2/c1-50(2)46-19-8-6-17-42(46)43-27-26-41(32-47(43)50)52(40-16-10-12-35(30-40)37-13-11-29-51-33-37)39-24-21-34(22-25-39)36-23-28-49-45(31-36)44-18-7-9-20-48(44)53(49)38-14-4-3-5-15-38;1-44(2)39-16-8-6-14-35(39)36-25-24-34(29-40(36)44)46(43-18-10-11-27-45-43)33-22-19-30(20-23-33)31-21-26-42-38(28-31)37-15-7-9-17-41(37)47(42)32-12-4-3-5-13-32;1-3-11-29(12-4-1)37(30-13-5-2-6-14-30)31-23-19-27(20-24-31)28-21-25-32(26-22-28)38-35-17-9-7-15-33(35)34-16-8-10-18-36(34)38/h3-33H,1-2H3;3-29H,1-2H3;1-26H. The maximum Gasteiger partial charge on any atom is 0.137 e. The number of fused-ring (bicyclic) bond motifs is 15. The van der Waals surface area contributed by atoms with Crippen molar-refractivity contribution in [2.24, 2.45) is 0 Å². The number of hydrogen-bond donors (Lipinski definition) is 0. The van der Waals surface area contributed by atoms with Crippen molar-refractivity contribution < 1.29 is 0 Å². The van der Waals surface area contributed by atoms with Gasteiger partial charge in [0, 0.05) is 130 Å². The normalized spacial score (nSPS) is 12.5. The summed E-state index contributed by atoms with van der Waals surface area (Å²) in [5, 5.41) is 7.58. The Bertz CT molecular complexity index is 8550. The Labute approximate surface area is 804 Å². The summed E-state index contributed by atoms with van der Waals surface area (Å²) in [5.41, 5.74) is 39.7. The molecule has 0 unspecified atom stereocenters. The minimum Gasteiger partial charge on any atom is -0.311 e. The third kappa shape index (κ3) is 14.9. The van der Waals surface area contributed by atoms with E-state index >= 15 is 0 Å². The number of para-hydroxylation sites is 8. The van der Waals surface area contributed by atoms with E-state index in [1.54, 1.807) is 0 Å². The van der Waals surface area contributed by atoms with E-state index in [1.165, 1.54) is 160 Å². The molecule has 2 aliphatic carbocycles. The van der Waals surface area contributed by atoms with E-state index in [9.17, 15) is 0 Å². The number of anilines is 9. The number of rotatable bonds is 16. The molecule has 0 saturated carbocycles. The zero-order valence-electron chi connectivity index (χ0n) is 77.1. The smallest absolute Gasteiger partial charge is 0.137 e. The van der Waals surface area contributed by atoms with E-state index in [2.05, 4.69) is 540 Å². The van der Waals surface area contributed by atoms with Crippen LogP contribution in [0, 0.1) is 0 Å². The van der Waals surface area contributed by atoms with Crippen molar-refractivity contribution in [1.29, 1.82) is 0 Å². The summed E-state index contributed by atoms with van der Waals surface area (Å²) >= 11 is 0. The lowest BCUT2D eigenvalue weighted by atomic mass is 9.82. The Morgan fingerprint density at radius 2 is 0.500 bits per heavy atom. The summed E-state index contributed by atoms with van der Waals surface area (Å²) in [5.74, 6) is 0.892. The largest absolute Gasteiger partial charge is 0.311 e. The van der Waals surface area contributed by atoms with Gasteiger partial charge in [0.15, 0.2) is 0 Å². The third-order valence-corrected chi connectivity index (χ3v) is 28.1. The molecule has 0 fully saturated rings. The molecule has 656 valence electrons. The zero-order valence-corrected chi connectivity index (χ0v) is 77.1. The second-order valence-corrected chi connectivity index (χ2v) is 36.9. The molecule has 0 aliphatic heterocycles. The van der Waals surface area contributed by atoms with Crippen molar-refractivity contribution in [2.45, 2.75) is 38.5 Å². The molecule has 0 bridgehead atoms. The lowest BCUT2D eigenvalue weighted by Gasteiger charge is -2.28. The Morgan fingerprint density at radius 1 is 0.188 bits per heavy atom. The van der Waals surface area contributed by atoms with Crippen LogP contribution in [-0.2, 0) is 10.8 Å². The van der Waals surface area contributed by atoms with Crippen LogP contribution >= 0.6 is 0 Å². The predicted octanol–water partition coefficient (Wildman–Crippen LogP) is 34.8. The van der Waals surface area contributed by atoms with Gasteiger partial charge in [-0.15, -0.1) is 0 Å². The SMILES string of the molecule is CC1(C)c2ccccc2-c2ccc(N(c3ccc(-c4ccc5c(c4)c4ccccc4n5-c4ccccc4)cc3)c3cccc(-c4cccnc4)c3)cc21.CC1(C)c2ccccc2-c2ccc(N(c3ccc(-c4ccc5c(c4)c4ccccc4n5-c4ccccc4)cc3)c3ccccn3)cc21.c1ccc(N(c2ccccc2)c2ccc(-c3ccc(-n4c5ccccc5c5ccccc54)cc3)cc2)cc1. The van der Waals surface area contributed by atoms with Crippen LogP contribution in [-0.4, -0.2) is 23.7 Å². The van der Waals surface area contributed by atoms with Crippen LogP contribution in [0.15, 0.2) is 510 Å².